The van der Waals surface area contributed by atoms with E-state index in [0.717, 1.165) is 6.42 Å². The molecule has 0 aromatic heterocycles. The molecule has 0 saturated carbocycles. The van der Waals surface area contributed by atoms with E-state index < -0.39 is 0 Å². The molecule has 0 amide bonds. The zero-order chi connectivity index (χ0) is 8.48. The molecular formula is C9H16O2. The molecule has 1 saturated heterocycles. The number of rotatable bonds is 3. The van der Waals surface area contributed by atoms with Crippen molar-refractivity contribution in [1.29, 1.82) is 0 Å². The van der Waals surface area contributed by atoms with Gasteiger partial charge in [-0.15, -0.1) is 0 Å². The van der Waals surface area contributed by atoms with E-state index in [0.29, 0.717) is 19.1 Å². The van der Waals surface area contributed by atoms with E-state index in [1.54, 1.807) is 6.92 Å². The van der Waals surface area contributed by atoms with Crippen molar-refractivity contribution >= 4 is 5.78 Å². The second-order valence-corrected chi connectivity index (χ2v) is 3.93. The lowest BCUT2D eigenvalue weighted by atomic mass is 9.75. The monoisotopic (exact) mass is 156 g/mol. The summed E-state index contributed by atoms with van der Waals surface area (Å²) in [6, 6.07) is 0. The maximum absolute atomic E-state index is 11.2. The summed E-state index contributed by atoms with van der Waals surface area (Å²) in [6.07, 6.45) is 0.975. The fourth-order valence-corrected chi connectivity index (χ4v) is 1.59. The average molecular weight is 156 g/mol. The largest absolute Gasteiger partial charge is 0.379 e. The first-order valence-corrected chi connectivity index (χ1v) is 4.16. The van der Waals surface area contributed by atoms with Gasteiger partial charge in [-0.3, -0.25) is 4.79 Å². The van der Waals surface area contributed by atoms with Crippen molar-refractivity contribution in [1.82, 2.24) is 0 Å². The van der Waals surface area contributed by atoms with Crippen molar-refractivity contribution in [3.05, 3.63) is 0 Å². The normalized spacial score (nSPS) is 21.5. The highest BCUT2D eigenvalue weighted by Crippen LogP contribution is 2.35. The van der Waals surface area contributed by atoms with Crippen LogP contribution in [0.4, 0.5) is 0 Å². The molecule has 2 heteroatoms. The summed E-state index contributed by atoms with van der Waals surface area (Å²) in [6.45, 7) is 7.23. The van der Waals surface area contributed by atoms with Gasteiger partial charge in [0.1, 0.15) is 5.78 Å². The molecule has 0 bridgehead atoms. The number of carbonyl (C=O) groups excluding carboxylic acids is 1. The van der Waals surface area contributed by atoms with Gasteiger partial charge in [0.2, 0.25) is 0 Å². The molecule has 0 aromatic carbocycles. The van der Waals surface area contributed by atoms with Crippen molar-refractivity contribution in [2.45, 2.75) is 27.2 Å². The number of Topliss-reactive ketones (excluding diaryl/α,β-unsaturated/α-hetero) is 1. The summed E-state index contributed by atoms with van der Waals surface area (Å²) in [5.41, 5.74) is -0.117. The van der Waals surface area contributed by atoms with Gasteiger partial charge in [0.15, 0.2) is 0 Å². The van der Waals surface area contributed by atoms with Crippen LogP contribution in [0.25, 0.3) is 0 Å². The molecule has 64 valence electrons. The molecule has 1 aliphatic heterocycles. The maximum Gasteiger partial charge on any atom is 0.140 e. The Morgan fingerprint density at radius 3 is 2.18 bits per heavy atom. The fraction of sp³-hybridized carbons (Fsp3) is 0.889. The van der Waals surface area contributed by atoms with Crippen LogP contribution in [0, 0.1) is 11.3 Å². The van der Waals surface area contributed by atoms with Crippen LogP contribution in [0.3, 0.4) is 0 Å². The van der Waals surface area contributed by atoms with Crippen molar-refractivity contribution < 1.29 is 9.53 Å². The minimum Gasteiger partial charge on any atom is -0.379 e. The first-order chi connectivity index (χ1) is 5.07. The summed E-state index contributed by atoms with van der Waals surface area (Å²) >= 11 is 0. The van der Waals surface area contributed by atoms with E-state index in [1.807, 2.05) is 0 Å². The van der Waals surface area contributed by atoms with Crippen LogP contribution in [0.15, 0.2) is 0 Å². The van der Waals surface area contributed by atoms with Crippen molar-refractivity contribution in [2.24, 2.45) is 11.3 Å². The number of hydrogen-bond donors (Lipinski definition) is 0. The Morgan fingerprint density at radius 2 is 2.09 bits per heavy atom. The number of hydrogen-bond acceptors (Lipinski definition) is 2. The predicted octanol–water partition coefficient (Wildman–Crippen LogP) is 1.64. The molecule has 2 nitrogen and oxygen atoms in total. The lowest BCUT2D eigenvalue weighted by Gasteiger charge is -2.40. The molecule has 1 aliphatic rings. The van der Waals surface area contributed by atoms with Crippen LogP contribution in [0.5, 0.6) is 0 Å². The molecule has 1 heterocycles. The van der Waals surface area contributed by atoms with Gasteiger partial charge in [-0.05, 0) is 19.3 Å². The average Bonchev–Trinajstić information content (AvgIpc) is 1.77. The van der Waals surface area contributed by atoms with E-state index in [4.69, 9.17) is 4.74 Å². The molecule has 1 fully saturated rings. The minimum atomic E-state index is -0.117. The summed E-state index contributed by atoms with van der Waals surface area (Å²) in [5, 5.41) is 0. The zero-order valence-electron chi connectivity index (χ0n) is 7.52. The first kappa shape index (κ1) is 8.72. The number of carbonyl (C=O) groups is 1. The molecule has 0 aromatic rings. The lowest BCUT2D eigenvalue weighted by molar-refractivity contribution is -0.160. The van der Waals surface area contributed by atoms with Crippen LogP contribution in [0.1, 0.15) is 27.2 Å². The molecule has 0 spiro atoms. The molecule has 0 unspecified atom stereocenters. The Kier molecular flexibility index (Phi) is 2.33. The van der Waals surface area contributed by atoms with Gasteiger partial charge in [-0.1, -0.05) is 13.8 Å². The Bertz CT molecular complexity index is 157. The quantitative estimate of drug-likeness (QED) is 0.621. The number of ketones is 1. The van der Waals surface area contributed by atoms with Gasteiger partial charge < -0.3 is 4.74 Å². The van der Waals surface area contributed by atoms with Crippen molar-refractivity contribution in [3.8, 4) is 0 Å². The van der Waals surface area contributed by atoms with Crippen LogP contribution < -0.4 is 0 Å². The molecule has 0 radical (unpaired) electrons. The van der Waals surface area contributed by atoms with E-state index in [9.17, 15) is 4.79 Å². The molecule has 0 atom stereocenters. The van der Waals surface area contributed by atoms with Crippen molar-refractivity contribution in [2.75, 3.05) is 13.2 Å². The number of ether oxygens (including phenoxy) is 1. The molecule has 1 rings (SSSR count). The van der Waals surface area contributed by atoms with Gasteiger partial charge in [-0.25, -0.2) is 0 Å². The van der Waals surface area contributed by atoms with Gasteiger partial charge in [0, 0.05) is 0 Å². The van der Waals surface area contributed by atoms with Crippen molar-refractivity contribution in [3.63, 3.8) is 0 Å². The van der Waals surface area contributed by atoms with Gasteiger partial charge in [-0.2, -0.15) is 0 Å². The highest BCUT2D eigenvalue weighted by Gasteiger charge is 2.43. The smallest absolute Gasteiger partial charge is 0.140 e. The Hall–Kier alpha value is -0.370. The SMILES string of the molecule is CC(=O)C1(CC(C)C)COC1. The van der Waals surface area contributed by atoms with E-state index >= 15 is 0 Å². The highest BCUT2D eigenvalue weighted by atomic mass is 16.5. The van der Waals surface area contributed by atoms with Crippen LogP contribution >= 0.6 is 0 Å². The maximum atomic E-state index is 11.2. The van der Waals surface area contributed by atoms with Gasteiger partial charge in [0.25, 0.3) is 0 Å². The van der Waals surface area contributed by atoms with Crippen LogP contribution in [0.2, 0.25) is 0 Å². The van der Waals surface area contributed by atoms with Crippen LogP contribution in [-0.2, 0) is 9.53 Å². The Morgan fingerprint density at radius 1 is 1.55 bits per heavy atom. The summed E-state index contributed by atoms with van der Waals surface area (Å²) in [4.78, 5) is 11.2. The van der Waals surface area contributed by atoms with E-state index in [1.165, 1.54) is 0 Å². The standard InChI is InChI=1S/C9H16O2/c1-7(2)4-9(8(3)10)5-11-6-9/h7H,4-6H2,1-3H3. The van der Waals surface area contributed by atoms with E-state index in [-0.39, 0.29) is 11.2 Å². The highest BCUT2D eigenvalue weighted by molar-refractivity contribution is 5.83. The fourth-order valence-electron chi connectivity index (χ4n) is 1.59. The third kappa shape index (κ3) is 1.62. The third-order valence-corrected chi connectivity index (χ3v) is 2.30. The molecule has 11 heavy (non-hydrogen) atoms. The summed E-state index contributed by atoms with van der Waals surface area (Å²) in [5.74, 6) is 0.875. The third-order valence-electron chi connectivity index (χ3n) is 2.30. The first-order valence-electron chi connectivity index (χ1n) is 4.16. The second-order valence-electron chi connectivity index (χ2n) is 3.93. The van der Waals surface area contributed by atoms with Gasteiger partial charge in [0.05, 0.1) is 18.6 Å². The molecule has 0 aliphatic carbocycles. The topological polar surface area (TPSA) is 26.3 Å². The zero-order valence-corrected chi connectivity index (χ0v) is 7.52. The molecule has 0 N–H and O–H groups in total. The Labute approximate surface area is 67.9 Å². The van der Waals surface area contributed by atoms with Gasteiger partial charge >= 0.3 is 0 Å². The Balaban J connectivity index is 2.54. The summed E-state index contributed by atoms with van der Waals surface area (Å²) < 4.78 is 5.08. The predicted molar refractivity (Wildman–Crippen MR) is 43.4 cm³/mol. The second kappa shape index (κ2) is 2.94. The van der Waals surface area contributed by atoms with Crippen LogP contribution in [-0.4, -0.2) is 19.0 Å². The minimum absolute atomic E-state index is 0.117. The molecular weight excluding hydrogens is 140 g/mol. The van der Waals surface area contributed by atoms with E-state index in [2.05, 4.69) is 13.8 Å². The summed E-state index contributed by atoms with van der Waals surface area (Å²) in [7, 11) is 0. The lowest BCUT2D eigenvalue weighted by Crippen LogP contribution is -2.48.